The molecule has 1 heterocycles. The second-order valence-electron chi connectivity index (χ2n) is 5.06. The molecule has 1 aromatic carbocycles. The van der Waals surface area contributed by atoms with Crippen molar-refractivity contribution in [1.29, 1.82) is 0 Å². The molecule has 122 valence electrons. The normalized spacial score (nSPS) is 10.6. The lowest BCUT2D eigenvalue weighted by molar-refractivity contribution is -0.137. The number of amides is 1. The maximum absolute atomic E-state index is 12.6. The van der Waals surface area contributed by atoms with E-state index in [1.54, 1.807) is 4.68 Å². The van der Waals surface area contributed by atoms with Gasteiger partial charge in [0.1, 0.15) is 0 Å². The van der Waals surface area contributed by atoms with E-state index >= 15 is 0 Å². The molecule has 1 aromatic heterocycles. The SMILES string of the molecule is CCN(CCC(=O)O)C(=O)c1cnn(-c2cccc(Br)c2)c1C. The van der Waals surface area contributed by atoms with Gasteiger partial charge < -0.3 is 10.0 Å². The average Bonchev–Trinajstić information content (AvgIpc) is 2.89. The predicted octanol–water partition coefficient (Wildman–Crippen LogP) is 2.88. The van der Waals surface area contributed by atoms with Crippen LogP contribution >= 0.6 is 15.9 Å². The molecule has 0 radical (unpaired) electrons. The fourth-order valence-electron chi connectivity index (χ4n) is 2.29. The molecule has 7 heteroatoms. The Labute approximate surface area is 142 Å². The summed E-state index contributed by atoms with van der Waals surface area (Å²) < 4.78 is 2.62. The second-order valence-corrected chi connectivity index (χ2v) is 5.98. The minimum absolute atomic E-state index is 0.0710. The highest BCUT2D eigenvalue weighted by Crippen LogP contribution is 2.19. The third-order valence-electron chi connectivity index (χ3n) is 3.56. The van der Waals surface area contributed by atoms with Crippen molar-refractivity contribution in [3.63, 3.8) is 0 Å². The van der Waals surface area contributed by atoms with E-state index in [1.807, 2.05) is 38.1 Å². The van der Waals surface area contributed by atoms with Crippen LogP contribution in [0.25, 0.3) is 5.69 Å². The van der Waals surface area contributed by atoms with Gasteiger partial charge in [0.2, 0.25) is 0 Å². The third kappa shape index (κ3) is 3.98. The molecule has 0 atom stereocenters. The Hall–Kier alpha value is -2.15. The number of rotatable bonds is 6. The lowest BCUT2D eigenvalue weighted by Crippen LogP contribution is -2.33. The topological polar surface area (TPSA) is 75.4 Å². The average molecular weight is 380 g/mol. The Morgan fingerprint density at radius 2 is 2.13 bits per heavy atom. The van der Waals surface area contributed by atoms with E-state index in [2.05, 4.69) is 21.0 Å². The molecular weight excluding hydrogens is 362 g/mol. The van der Waals surface area contributed by atoms with E-state index in [4.69, 9.17) is 5.11 Å². The molecule has 0 saturated carbocycles. The van der Waals surface area contributed by atoms with E-state index in [0.717, 1.165) is 15.9 Å². The summed E-state index contributed by atoms with van der Waals surface area (Å²) in [4.78, 5) is 24.8. The maximum atomic E-state index is 12.6. The van der Waals surface area contributed by atoms with Crippen LogP contribution < -0.4 is 0 Å². The highest BCUT2D eigenvalue weighted by atomic mass is 79.9. The summed E-state index contributed by atoms with van der Waals surface area (Å²) in [6, 6.07) is 7.63. The predicted molar refractivity (Wildman–Crippen MR) is 89.8 cm³/mol. The number of carboxylic acid groups (broad SMARTS) is 1. The molecule has 0 bridgehead atoms. The first-order chi connectivity index (χ1) is 10.9. The van der Waals surface area contributed by atoms with Crippen molar-refractivity contribution in [2.75, 3.05) is 13.1 Å². The van der Waals surface area contributed by atoms with Gasteiger partial charge in [0, 0.05) is 17.6 Å². The molecule has 2 aromatic rings. The zero-order valence-electron chi connectivity index (χ0n) is 13.0. The number of carbonyl (C=O) groups excluding carboxylic acids is 1. The van der Waals surface area contributed by atoms with Crippen molar-refractivity contribution in [1.82, 2.24) is 14.7 Å². The van der Waals surface area contributed by atoms with Crippen LogP contribution in [-0.4, -0.2) is 44.8 Å². The molecule has 0 aliphatic heterocycles. The molecule has 0 aliphatic rings. The van der Waals surface area contributed by atoms with Crippen LogP contribution in [0.2, 0.25) is 0 Å². The van der Waals surface area contributed by atoms with Gasteiger partial charge >= 0.3 is 5.97 Å². The molecule has 1 N–H and O–H groups in total. The Balaban J connectivity index is 2.27. The summed E-state index contributed by atoms with van der Waals surface area (Å²) in [7, 11) is 0. The molecule has 23 heavy (non-hydrogen) atoms. The first-order valence-electron chi connectivity index (χ1n) is 7.25. The minimum atomic E-state index is -0.919. The number of nitrogens with zero attached hydrogens (tertiary/aromatic N) is 3. The van der Waals surface area contributed by atoms with Gasteiger partial charge in [-0.3, -0.25) is 9.59 Å². The van der Waals surface area contributed by atoms with Crippen molar-refractivity contribution in [3.05, 3.63) is 46.2 Å². The van der Waals surface area contributed by atoms with Gasteiger partial charge in [-0.15, -0.1) is 0 Å². The minimum Gasteiger partial charge on any atom is -0.481 e. The largest absolute Gasteiger partial charge is 0.481 e. The van der Waals surface area contributed by atoms with Gasteiger partial charge in [0.05, 0.1) is 29.6 Å². The van der Waals surface area contributed by atoms with E-state index in [-0.39, 0.29) is 18.9 Å². The first kappa shape index (κ1) is 17.2. The summed E-state index contributed by atoms with van der Waals surface area (Å²) in [6.45, 7) is 4.29. The zero-order chi connectivity index (χ0) is 17.0. The summed E-state index contributed by atoms with van der Waals surface area (Å²) in [5, 5.41) is 13.1. The highest BCUT2D eigenvalue weighted by Gasteiger charge is 2.20. The monoisotopic (exact) mass is 379 g/mol. The number of benzene rings is 1. The highest BCUT2D eigenvalue weighted by molar-refractivity contribution is 9.10. The van der Waals surface area contributed by atoms with Gasteiger partial charge in [-0.05, 0) is 32.0 Å². The van der Waals surface area contributed by atoms with Crippen molar-refractivity contribution in [3.8, 4) is 5.69 Å². The van der Waals surface area contributed by atoms with Crippen molar-refractivity contribution in [2.24, 2.45) is 0 Å². The summed E-state index contributed by atoms with van der Waals surface area (Å²) in [5.74, 6) is -1.12. The Kier molecular flexibility index (Phi) is 5.54. The van der Waals surface area contributed by atoms with Gasteiger partial charge in [-0.2, -0.15) is 5.10 Å². The number of hydrogen-bond donors (Lipinski definition) is 1. The van der Waals surface area contributed by atoms with Gasteiger partial charge in [0.15, 0.2) is 0 Å². The maximum Gasteiger partial charge on any atom is 0.305 e. The van der Waals surface area contributed by atoms with Crippen LogP contribution in [0.15, 0.2) is 34.9 Å². The zero-order valence-corrected chi connectivity index (χ0v) is 14.6. The summed E-state index contributed by atoms with van der Waals surface area (Å²) >= 11 is 3.42. The van der Waals surface area contributed by atoms with Crippen molar-refractivity contribution < 1.29 is 14.7 Å². The Bertz CT molecular complexity index is 727. The summed E-state index contributed by atoms with van der Waals surface area (Å²) in [6.07, 6.45) is 1.46. The third-order valence-corrected chi connectivity index (χ3v) is 4.05. The van der Waals surface area contributed by atoms with Crippen LogP contribution in [0.5, 0.6) is 0 Å². The lowest BCUT2D eigenvalue weighted by Gasteiger charge is -2.19. The molecule has 2 rings (SSSR count). The fourth-order valence-corrected chi connectivity index (χ4v) is 2.68. The number of aromatic nitrogens is 2. The molecule has 0 spiro atoms. The molecular formula is C16H18BrN3O3. The van der Waals surface area contributed by atoms with Crippen molar-refractivity contribution >= 4 is 27.8 Å². The molecule has 0 saturated heterocycles. The van der Waals surface area contributed by atoms with Crippen LogP contribution in [0, 0.1) is 6.92 Å². The van der Waals surface area contributed by atoms with Crippen LogP contribution in [0.4, 0.5) is 0 Å². The fraction of sp³-hybridized carbons (Fsp3) is 0.312. The number of halogens is 1. The van der Waals surface area contributed by atoms with Crippen LogP contribution in [-0.2, 0) is 4.79 Å². The van der Waals surface area contributed by atoms with E-state index < -0.39 is 5.97 Å². The van der Waals surface area contributed by atoms with Gasteiger partial charge in [-0.25, -0.2) is 4.68 Å². The van der Waals surface area contributed by atoms with Crippen LogP contribution in [0.3, 0.4) is 0 Å². The Morgan fingerprint density at radius 3 is 2.74 bits per heavy atom. The van der Waals surface area contributed by atoms with Gasteiger partial charge in [0.25, 0.3) is 5.91 Å². The van der Waals surface area contributed by atoms with E-state index in [1.165, 1.54) is 11.1 Å². The Morgan fingerprint density at radius 1 is 1.39 bits per heavy atom. The van der Waals surface area contributed by atoms with E-state index in [0.29, 0.717) is 12.1 Å². The molecule has 0 fully saturated rings. The smallest absolute Gasteiger partial charge is 0.305 e. The number of carboxylic acids is 1. The standard InChI is InChI=1S/C16H18BrN3O3/c1-3-19(8-7-15(21)22)16(23)14-10-18-20(11(14)2)13-6-4-5-12(17)9-13/h4-6,9-10H,3,7-8H2,1-2H3,(H,21,22). The lowest BCUT2D eigenvalue weighted by atomic mass is 10.2. The number of carbonyl (C=O) groups is 2. The first-order valence-corrected chi connectivity index (χ1v) is 8.05. The number of aliphatic carboxylic acids is 1. The van der Waals surface area contributed by atoms with Crippen LogP contribution in [0.1, 0.15) is 29.4 Å². The number of hydrogen-bond acceptors (Lipinski definition) is 3. The summed E-state index contributed by atoms with van der Waals surface area (Å²) in [5.41, 5.74) is 2.06. The van der Waals surface area contributed by atoms with Crippen molar-refractivity contribution in [2.45, 2.75) is 20.3 Å². The molecule has 6 nitrogen and oxygen atoms in total. The molecule has 0 unspecified atom stereocenters. The molecule has 0 aliphatic carbocycles. The molecule has 1 amide bonds. The second kappa shape index (κ2) is 7.41. The quantitative estimate of drug-likeness (QED) is 0.836. The van der Waals surface area contributed by atoms with E-state index in [9.17, 15) is 9.59 Å². The van der Waals surface area contributed by atoms with Gasteiger partial charge in [-0.1, -0.05) is 22.0 Å².